The van der Waals surface area contributed by atoms with Gasteiger partial charge in [0.25, 0.3) is 0 Å². The van der Waals surface area contributed by atoms with Crippen LogP contribution in [-0.4, -0.2) is 31.3 Å². The van der Waals surface area contributed by atoms with Gasteiger partial charge in [-0.25, -0.2) is 4.98 Å². The van der Waals surface area contributed by atoms with Crippen molar-refractivity contribution >= 4 is 5.65 Å². The Kier molecular flexibility index (Phi) is 3.08. The maximum absolute atomic E-state index is 5.21. The number of imidazole rings is 1. The van der Waals surface area contributed by atoms with Crippen LogP contribution < -0.4 is 4.74 Å². The Bertz CT molecular complexity index is 968. The van der Waals surface area contributed by atoms with Crippen LogP contribution in [0.4, 0.5) is 0 Å². The summed E-state index contributed by atoms with van der Waals surface area (Å²) in [5, 5.41) is 4.20. The smallest absolute Gasteiger partial charge is 0.155 e. The molecule has 0 unspecified atom stereocenters. The van der Waals surface area contributed by atoms with Crippen LogP contribution in [0, 0.1) is 0 Å². The van der Waals surface area contributed by atoms with E-state index in [0.29, 0.717) is 0 Å². The number of aryl methyl sites for hydroxylation is 1. The Morgan fingerprint density at radius 3 is 2.43 bits per heavy atom. The van der Waals surface area contributed by atoms with E-state index in [9.17, 15) is 0 Å². The van der Waals surface area contributed by atoms with Crippen molar-refractivity contribution < 1.29 is 4.74 Å². The number of fused-ring (bicyclic) bond motifs is 1. The first-order valence-electron chi connectivity index (χ1n) is 7.21. The molecule has 0 bridgehead atoms. The lowest BCUT2D eigenvalue weighted by Crippen LogP contribution is -1.92. The second-order valence-corrected chi connectivity index (χ2v) is 5.28. The van der Waals surface area contributed by atoms with E-state index in [0.717, 1.165) is 33.9 Å². The van der Waals surface area contributed by atoms with Crippen LogP contribution in [0.15, 0.2) is 55.2 Å². The minimum atomic E-state index is 0.809. The largest absolute Gasteiger partial charge is 0.497 e. The minimum Gasteiger partial charge on any atom is -0.497 e. The Balaban J connectivity index is 1.83. The molecule has 0 spiro atoms. The lowest BCUT2D eigenvalue weighted by molar-refractivity contribution is 0.415. The number of hydrogen-bond donors (Lipinski definition) is 0. The molecular weight excluding hydrogens is 290 g/mol. The predicted molar refractivity (Wildman–Crippen MR) is 87.2 cm³/mol. The van der Waals surface area contributed by atoms with Crippen LogP contribution in [0.3, 0.4) is 0 Å². The van der Waals surface area contributed by atoms with E-state index >= 15 is 0 Å². The Hall–Kier alpha value is -3.15. The molecule has 0 aliphatic heterocycles. The molecule has 23 heavy (non-hydrogen) atoms. The third-order valence-corrected chi connectivity index (χ3v) is 3.78. The highest BCUT2D eigenvalue weighted by atomic mass is 16.5. The van der Waals surface area contributed by atoms with Gasteiger partial charge in [-0.15, -0.1) is 0 Å². The summed E-state index contributed by atoms with van der Waals surface area (Å²) in [6.07, 6.45) is 9.36. The van der Waals surface area contributed by atoms with Gasteiger partial charge in [-0.2, -0.15) is 5.10 Å². The highest BCUT2D eigenvalue weighted by molar-refractivity contribution is 5.66. The summed E-state index contributed by atoms with van der Waals surface area (Å²) in [4.78, 5) is 8.89. The molecular formula is C17H15N5O. The van der Waals surface area contributed by atoms with Gasteiger partial charge in [0.05, 0.1) is 37.1 Å². The third kappa shape index (κ3) is 2.34. The zero-order valence-corrected chi connectivity index (χ0v) is 12.8. The van der Waals surface area contributed by atoms with Crippen molar-refractivity contribution in [2.24, 2.45) is 7.05 Å². The minimum absolute atomic E-state index is 0.809. The van der Waals surface area contributed by atoms with Crippen LogP contribution in [0.25, 0.3) is 28.2 Å². The normalized spacial score (nSPS) is 11.0. The Labute approximate surface area is 133 Å². The maximum atomic E-state index is 5.21. The van der Waals surface area contributed by atoms with Gasteiger partial charge in [-0.1, -0.05) is 0 Å². The fourth-order valence-corrected chi connectivity index (χ4v) is 2.57. The van der Waals surface area contributed by atoms with Crippen molar-refractivity contribution in [3.63, 3.8) is 0 Å². The second kappa shape index (κ2) is 5.24. The highest BCUT2D eigenvalue weighted by Crippen LogP contribution is 2.25. The van der Waals surface area contributed by atoms with Crippen LogP contribution in [-0.2, 0) is 7.05 Å². The lowest BCUT2D eigenvalue weighted by Gasteiger charge is -2.05. The number of rotatable bonds is 3. The van der Waals surface area contributed by atoms with Gasteiger partial charge in [0.1, 0.15) is 5.75 Å². The van der Waals surface area contributed by atoms with E-state index in [4.69, 9.17) is 4.74 Å². The molecule has 6 nitrogen and oxygen atoms in total. The molecule has 0 saturated carbocycles. The molecule has 0 aliphatic carbocycles. The number of benzene rings is 1. The first-order valence-corrected chi connectivity index (χ1v) is 7.21. The Morgan fingerprint density at radius 1 is 0.913 bits per heavy atom. The monoisotopic (exact) mass is 305 g/mol. The van der Waals surface area contributed by atoms with E-state index in [1.54, 1.807) is 24.2 Å². The van der Waals surface area contributed by atoms with Crippen LogP contribution in [0.1, 0.15) is 0 Å². The van der Waals surface area contributed by atoms with Crippen molar-refractivity contribution in [1.82, 2.24) is 24.1 Å². The average molecular weight is 305 g/mol. The standard InChI is InChI=1S/C17H15N5O/c1-21-10-13(7-20-21)15-11-22-16(8-19-17(22)9-18-15)12-3-5-14(23-2)6-4-12/h3-11H,1-2H3. The molecule has 0 aliphatic rings. The SMILES string of the molecule is COc1ccc(-c2cnc3cnc(-c4cnn(C)c4)cn23)cc1. The third-order valence-electron chi connectivity index (χ3n) is 3.78. The molecule has 4 rings (SSSR count). The van der Waals surface area contributed by atoms with Crippen molar-refractivity contribution in [1.29, 1.82) is 0 Å². The molecule has 4 aromatic rings. The number of nitrogens with zero attached hydrogens (tertiary/aromatic N) is 5. The second-order valence-electron chi connectivity index (χ2n) is 5.28. The van der Waals surface area contributed by atoms with E-state index < -0.39 is 0 Å². The number of hydrogen-bond acceptors (Lipinski definition) is 4. The predicted octanol–water partition coefficient (Wildman–Crippen LogP) is 2.81. The van der Waals surface area contributed by atoms with Gasteiger partial charge >= 0.3 is 0 Å². The van der Waals surface area contributed by atoms with Crippen molar-refractivity contribution in [2.45, 2.75) is 0 Å². The molecule has 6 heteroatoms. The van der Waals surface area contributed by atoms with E-state index in [2.05, 4.69) is 15.1 Å². The first-order chi connectivity index (χ1) is 11.2. The summed E-state index contributed by atoms with van der Waals surface area (Å²) in [5.74, 6) is 0.834. The van der Waals surface area contributed by atoms with Crippen molar-refractivity contribution in [3.05, 3.63) is 55.2 Å². The summed E-state index contributed by atoms with van der Waals surface area (Å²) in [6, 6.07) is 7.93. The molecule has 3 aromatic heterocycles. The summed E-state index contributed by atoms with van der Waals surface area (Å²) in [7, 11) is 3.55. The van der Waals surface area contributed by atoms with Crippen molar-refractivity contribution in [3.8, 4) is 28.3 Å². The summed E-state index contributed by atoms with van der Waals surface area (Å²) < 4.78 is 9.01. The van der Waals surface area contributed by atoms with Gasteiger partial charge in [0.15, 0.2) is 5.65 Å². The van der Waals surface area contributed by atoms with Gasteiger partial charge in [0, 0.05) is 30.6 Å². The van der Waals surface area contributed by atoms with Crippen LogP contribution in [0.2, 0.25) is 0 Å². The fraction of sp³-hybridized carbons (Fsp3) is 0.118. The molecule has 0 atom stereocenters. The van der Waals surface area contributed by atoms with Crippen LogP contribution in [0.5, 0.6) is 5.75 Å². The topological polar surface area (TPSA) is 57.2 Å². The molecule has 0 fully saturated rings. The van der Waals surface area contributed by atoms with Gasteiger partial charge in [0.2, 0.25) is 0 Å². The number of aromatic nitrogens is 5. The lowest BCUT2D eigenvalue weighted by atomic mass is 10.1. The average Bonchev–Trinajstić information content (AvgIpc) is 3.20. The molecule has 0 saturated heterocycles. The molecule has 0 radical (unpaired) electrons. The quantitative estimate of drug-likeness (QED) is 0.584. The van der Waals surface area contributed by atoms with E-state index in [1.165, 1.54) is 0 Å². The number of methoxy groups -OCH3 is 1. The van der Waals surface area contributed by atoms with Crippen LogP contribution >= 0.6 is 0 Å². The molecule has 0 N–H and O–H groups in total. The molecule has 0 amide bonds. The summed E-state index contributed by atoms with van der Waals surface area (Å²) in [5.41, 5.74) is 4.72. The van der Waals surface area contributed by atoms with Crippen molar-refractivity contribution in [2.75, 3.05) is 7.11 Å². The molecule has 1 aromatic carbocycles. The summed E-state index contributed by atoms with van der Waals surface area (Å²) in [6.45, 7) is 0. The highest BCUT2D eigenvalue weighted by Gasteiger charge is 2.09. The summed E-state index contributed by atoms with van der Waals surface area (Å²) >= 11 is 0. The van der Waals surface area contributed by atoms with E-state index in [-0.39, 0.29) is 0 Å². The zero-order valence-electron chi connectivity index (χ0n) is 12.8. The molecule has 114 valence electrons. The number of ether oxygens (including phenoxy) is 1. The Morgan fingerprint density at radius 2 is 1.74 bits per heavy atom. The first kappa shape index (κ1) is 13.5. The van der Waals surface area contributed by atoms with Gasteiger partial charge in [-0.05, 0) is 24.3 Å². The fourth-order valence-electron chi connectivity index (χ4n) is 2.57. The zero-order chi connectivity index (χ0) is 15.8. The molecule has 3 heterocycles. The van der Waals surface area contributed by atoms with Gasteiger partial charge < -0.3 is 4.74 Å². The van der Waals surface area contributed by atoms with Gasteiger partial charge in [-0.3, -0.25) is 14.1 Å². The van der Waals surface area contributed by atoms with E-state index in [1.807, 2.05) is 54.3 Å². The maximum Gasteiger partial charge on any atom is 0.155 e.